The lowest BCUT2D eigenvalue weighted by atomic mass is 9.56. The predicted molar refractivity (Wildman–Crippen MR) is 257 cm³/mol. The van der Waals surface area contributed by atoms with E-state index in [-0.39, 0.29) is 28.1 Å². The van der Waals surface area contributed by atoms with E-state index in [1.165, 1.54) is 74.9 Å². The van der Waals surface area contributed by atoms with Gasteiger partial charge in [0, 0.05) is 44.9 Å². The second-order valence-electron chi connectivity index (χ2n) is 20.8. The Morgan fingerprint density at radius 2 is 1.16 bits per heavy atom. The van der Waals surface area contributed by atoms with Gasteiger partial charge in [-0.05, 0) is 119 Å². The summed E-state index contributed by atoms with van der Waals surface area (Å²) < 4.78 is 6.61. The average molecular weight is 832 g/mol. The summed E-state index contributed by atoms with van der Waals surface area (Å²) >= 11 is 0. The van der Waals surface area contributed by atoms with E-state index in [1.807, 2.05) is 0 Å². The highest BCUT2D eigenvalue weighted by Gasteiger charge is 2.57. The molecule has 13 rings (SSSR count). The van der Waals surface area contributed by atoms with Crippen LogP contribution in [-0.2, 0) is 16.2 Å². The van der Waals surface area contributed by atoms with Crippen molar-refractivity contribution < 1.29 is 4.74 Å². The Bertz CT molecular complexity index is 3070. The Kier molecular flexibility index (Phi) is 8.22. The summed E-state index contributed by atoms with van der Waals surface area (Å²) in [5, 5.41) is 0. The van der Waals surface area contributed by atoms with Gasteiger partial charge < -0.3 is 4.74 Å². The molecule has 6 atom stereocenters. The largest absolute Gasteiger partial charge is 0.457 e. The molecule has 6 aliphatic rings. The molecular formula is C60H53N3O. The molecule has 4 nitrogen and oxygen atoms in total. The Morgan fingerprint density at radius 1 is 0.547 bits per heavy atom. The van der Waals surface area contributed by atoms with Crippen LogP contribution in [0.5, 0.6) is 11.5 Å². The zero-order chi connectivity index (χ0) is 43.0. The van der Waals surface area contributed by atoms with Crippen molar-refractivity contribution in [2.45, 2.75) is 82.0 Å². The molecule has 5 aliphatic carbocycles. The molecule has 0 amide bonds. The Hall–Kier alpha value is -6.39. The van der Waals surface area contributed by atoms with Crippen LogP contribution in [0.2, 0.25) is 0 Å². The molecule has 0 saturated heterocycles. The van der Waals surface area contributed by atoms with Crippen LogP contribution in [0.25, 0.3) is 39.5 Å². The average Bonchev–Trinajstić information content (AvgIpc) is 3.73. The molecule has 2 bridgehead atoms. The van der Waals surface area contributed by atoms with Crippen LogP contribution in [0.1, 0.15) is 110 Å². The van der Waals surface area contributed by atoms with Crippen molar-refractivity contribution in [1.29, 1.82) is 0 Å². The van der Waals surface area contributed by atoms with Crippen molar-refractivity contribution >= 4 is 5.57 Å². The molecule has 6 aromatic carbocycles. The fourth-order valence-electron chi connectivity index (χ4n) is 14.1. The van der Waals surface area contributed by atoms with Crippen LogP contribution >= 0.6 is 0 Å². The Labute approximate surface area is 377 Å². The van der Waals surface area contributed by atoms with Crippen LogP contribution in [0, 0.1) is 23.7 Å². The third-order valence-corrected chi connectivity index (χ3v) is 16.4. The lowest BCUT2D eigenvalue weighted by molar-refractivity contribution is 0.0720. The number of aromatic nitrogens is 3. The SMILES string of the molecule is CC1CC2C[C@H](C)CC(c3nc(-c4cccc(C5=CC6c7ccccc7C7(c8ccccc8Oc8ccccc87)C6C=C5)c4)nc(-c4ccc5c(c4)C(C)(C)c4ccccc4-5)n3)(C1)C2. The second-order valence-corrected chi connectivity index (χ2v) is 20.8. The minimum atomic E-state index is -0.369. The fourth-order valence-corrected chi connectivity index (χ4v) is 14.1. The maximum Gasteiger partial charge on any atom is 0.163 e. The number of ether oxygens (including phenoxy) is 1. The number of rotatable bonds is 4. The summed E-state index contributed by atoms with van der Waals surface area (Å²) in [7, 11) is 0. The molecule has 2 saturated carbocycles. The first-order valence-corrected chi connectivity index (χ1v) is 23.7. The van der Waals surface area contributed by atoms with Crippen LogP contribution < -0.4 is 4.74 Å². The summed E-state index contributed by atoms with van der Waals surface area (Å²) in [5.41, 5.74) is 14.5. The second kappa shape index (κ2) is 13.8. The number of hydrogen-bond acceptors (Lipinski definition) is 4. The number of allylic oxidation sites excluding steroid dienone is 4. The molecule has 1 aromatic heterocycles. The van der Waals surface area contributed by atoms with Gasteiger partial charge in [0.05, 0.1) is 5.41 Å². The van der Waals surface area contributed by atoms with Gasteiger partial charge in [0.1, 0.15) is 17.3 Å². The van der Waals surface area contributed by atoms with E-state index < -0.39 is 0 Å². The van der Waals surface area contributed by atoms with Crippen molar-refractivity contribution in [3.63, 3.8) is 0 Å². The maximum absolute atomic E-state index is 6.61. The molecule has 4 heteroatoms. The van der Waals surface area contributed by atoms with Gasteiger partial charge in [0.25, 0.3) is 0 Å². The third kappa shape index (κ3) is 5.44. The minimum absolute atomic E-state index is 0.0485. The highest BCUT2D eigenvalue weighted by atomic mass is 16.5. The van der Waals surface area contributed by atoms with Gasteiger partial charge >= 0.3 is 0 Å². The van der Waals surface area contributed by atoms with Gasteiger partial charge in [0.15, 0.2) is 11.6 Å². The summed E-state index contributed by atoms with van der Waals surface area (Å²) in [4.78, 5) is 16.5. The molecule has 7 aromatic rings. The van der Waals surface area contributed by atoms with Crippen molar-refractivity contribution in [3.05, 3.63) is 203 Å². The normalized spacial score (nSPS) is 25.8. The molecule has 1 spiro atoms. The number of nitrogens with zero attached hydrogens (tertiary/aromatic N) is 3. The van der Waals surface area contributed by atoms with E-state index in [1.54, 1.807) is 0 Å². The zero-order valence-corrected chi connectivity index (χ0v) is 37.2. The smallest absolute Gasteiger partial charge is 0.163 e. The van der Waals surface area contributed by atoms with E-state index in [0.29, 0.717) is 11.8 Å². The van der Waals surface area contributed by atoms with Crippen molar-refractivity contribution in [1.82, 2.24) is 15.0 Å². The van der Waals surface area contributed by atoms with Gasteiger partial charge in [-0.2, -0.15) is 0 Å². The van der Waals surface area contributed by atoms with Crippen molar-refractivity contribution in [2.24, 2.45) is 23.7 Å². The van der Waals surface area contributed by atoms with Crippen LogP contribution in [-0.4, -0.2) is 15.0 Å². The molecule has 0 radical (unpaired) electrons. The van der Waals surface area contributed by atoms with Crippen LogP contribution in [0.4, 0.5) is 0 Å². The van der Waals surface area contributed by atoms with E-state index in [4.69, 9.17) is 19.7 Å². The predicted octanol–water partition coefficient (Wildman–Crippen LogP) is 14.4. The number of benzene rings is 6. The van der Waals surface area contributed by atoms with Crippen molar-refractivity contribution in [3.8, 4) is 45.4 Å². The van der Waals surface area contributed by atoms with E-state index in [2.05, 4.69) is 185 Å². The summed E-state index contributed by atoms with van der Waals surface area (Å²) in [6.07, 6.45) is 13.4. The van der Waals surface area contributed by atoms with Crippen molar-refractivity contribution in [2.75, 3.05) is 0 Å². The van der Waals surface area contributed by atoms with E-state index >= 15 is 0 Å². The van der Waals surface area contributed by atoms with E-state index in [0.717, 1.165) is 58.9 Å². The lowest BCUT2D eigenvalue weighted by Gasteiger charge is -2.49. The van der Waals surface area contributed by atoms with Gasteiger partial charge in [-0.1, -0.05) is 161 Å². The van der Waals surface area contributed by atoms with Gasteiger partial charge in [0.2, 0.25) is 0 Å². The maximum atomic E-state index is 6.61. The summed E-state index contributed by atoms with van der Waals surface area (Å²) in [5.74, 6) is 6.81. The third-order valence-electron chi connectivity index (χ3n) is 16.4. The van der Waals surface area contributed by atoms with Crippen LogP contribution in [0.3, 0.4) is 0 Å². The molecule has 314 valence electrons. The zero-order valence-electron chi connectivity index (χ0n) is 37.2. The molecule has 1 aliphatic heterocycles. The van der Waals surface area contributed by atoms with Crippen LogP contribution in [0.15, 0.2) is 158 Å². The summed E-state index contributed by atoms with van der Waals surface area (Å²) in [6.45, 7) is 9.60. The first-order valence-electron chi connectivity index (χ1n) is 23.7. The highest BCUT2D eigenvalue weighted by Crippen LogP contribution is 2.65. The molecule has 64 heavy (non-hydrogen) atoms. The molecule has 2 heterocycles. The Balaban J connectivity index is 0.934. The number of para-hydroxylation sites is 2. The highest BCUT2D eigenvalue weighted by molar-refractivity contribution is 5.84. The van der Waals surface area contributed by atoms with E-state index in [9.17, 15) is 0 Å². The molecule has 0 N–H and O–H groups in total. The molecular weight excluding hydrogens is 779 g/mol. The molecule has 5 unspecified atom stereocenters. The lowest BCUT2D eigenvalue weighted by Crippen LogP contribution is -2.43. The first-order chi connectivity index (χ1) is 31.2. The monoisotopic (exact) mass is 831 g/mol. The number of hydrogen-bond donors (Lipinski definition) is 0. The Morgan fingerprint density at radius 3 is 1.89 bits per heavy atom. The van der Waals surface area contributed by atoms with Gasteiger partial charge in [-0.25, -0.2) is 15.0 Å². The summed E-state index contributed by atoms with van der Waals surface area (Å²) in [6, 6.07) is 51.2. The van der Waals surface area contributed by atoms with Gasteiger partial charge in [-0.15, -0.1) is 0 Å². The minimum Gasteiger partial charge on any atom is -0.457 e. The molecule has 2 fully saturated rings. The topological polar surface area (TPSA) is 47.9 Å². The quantitative estimate of drug-likeness (QED) is 0.177. The standard InChI is InChI=1S/C60H53N3O/c1-36-28-38-29-37(2)34-59(33-36,35-38)57-62-55(61-56(63-57)42-24-26-45-43-16-5-7-18-47(43)58(3,4)52(45)32-42)41-15-13-14-39(30-41)40-25-27-49-46(31-40)44-17-6-8-19-48(44)60(49)50-20-9-11-22-53(50)64-54-23-12-10-21-51(54)60/h5-27,30-32,36-38,46,49H,28-29,33-35H2,1-4H3/t36-,37?,38?,46?,49?,59?/m0/s1. The fraction of sp³-hybridized carbons (Fsp3) is 0.283. The number of fused-ring (bicyclic) bond motifs is 14. The van der Waals surface area contributed by atoms with Gasteiger partial charge in [-0.3, -0.25) is 0 Å². The first kappa shape index (κ1) is 38.1.